The minimum atomic E-state index is -0.537. The van der Waals surface area contributed by atoms with E-state index >= 15 is 0 Å². The van der Waals surface area contributed by atoms with Crippen LogP contribution in [0.25, 0.3) is 0 Å². The highest BCUT2D eigenvalue weighted by Crippen LogP contribution is 2.28. The first-order valence-electron chi connectivity index (χ1n) is 11.0. The molecule has 1 atom stereocenters. The molecule has 0 bridgehead atoms. The Labute approximate surface area is 201 Å². The topological polar surface area (TPSA) is 114 Å². The van der Waals surface area contributed by atoms with Gasteiger partial charge >= 0.3 is 0 Å². The molecule has 0 spiro atoms. The third kappa shape index (κ3) is 5.23. The summed E-state index contributed by atoms with van der Waals surface area (Å²) in [6.07, 6.45) is 0.825. The van der Waals surface area contributed by atoms with Gasteiger partial charge in [-0.05, 0) is 49.7 Å². The van der Waals surface area contributed by atoms with Crippen LogP contribution in [0.4, 0.5) is 16.5 Å². The molecule has 34 heavy (non-hydrogen) atoms. The van der Waals surface area contributed by atoms with Crippen molar-refractivity contribution in [3.63, 3.8) is 0 Å². The van der Waals surface area contributed by atoms with Gasteiger partial charge in [0.15, 0.2) is 0 Å². The summed E-state index contributed by atoms with van der Waals surface area (Å²) in [7, 11) is 0. The maximum Gasteiger partial charge on any atom is 0.259 e. The van der Waals surface area contributed by atoms with Crippen LogP contribution in [0.1, 0.15) is 35.6 Å². The summed E-state index contributed by atoms with van der Waals surface area (Å²) >= 11 is 1.31. The maximum atomic E-state index is 13.0. The lowest BCUT2D eigenvalue weighted by Crippen LogP contribution is -2.28. The van der Waals surface area contributed by atoms with Crippen molar-refractivity contribution in [1.29, 1.82) is 0 Å². The number of ether oxygens (including phenoxy) is 1. The number of amides is 3. The van der Waals surface area contributed by atoms with E-state index in [1.165, 1.54) is 11.3 Å². The molecule has 9 nitrogen and oxygen atoms in total. The van der Waals surface area contributed by atoms with Crippen LogP contribution in [-0.4, -0.2) is 41.1 Å². The van der Waals surface area contributed by atoms with Gasteiger partial charge in [-0.15, -0.1) is 10.2 Å². The minimum absolute atomic E-state index is 0.0952. The Kier molecular flexibility index (Phi) is 7.17. The predicted molar refractivity (Wildman–Crippen MR) is 130 cm³/mol. The molecule has 1 saturated heterocycles. The van der Waals surface area contributed by atoms with Crippen LogP contribution in [0.2, 0.25) is 0 Å². The number of nitrogens with zero attached hydrogens (tertiary/aromatic N) is 3. The van der Waals surface area contributed by atoms with Crippen molar-refractivity contribution in [2.45, 2.75) is 26.7 Å². The van der Waals surface area contributed by atoms with E-state index in [-0.39, 0.29) is 24.8 Å². The average Bonchev–Trinajstić information content (AvgIpc) is 3.46. The second-order valence-electron chi connectivity index (χ2n) is 7.68. The lowest BCUT2D eigenvalue weighted by Gasteiger charge is -2.17. The Morgan fingerprint density at radius 1 is 1.09 bits per heavy atom. The molecule has 1 aromatic heterocycles. The Bertz CT molecular complexity index is 1190. The average molecular weight is 480 g/mol. The number of anilines is 3. The van der Waals surface area contributed by atoms with Gasteiger partial charge in [0.1, 0.15) is 10.8 Å². The number of hydrogen-bond donors (Lipinski definition) is 2. The van der Waals surface area contributed by atoms with Crippen LogP contribution in [0, 0.1) is 5.92 Å². The van der Waals surface area contributed by atoms with E-state index in [2.05, 4.69) is 20.8 Å². The van der Waals surface area contributed by atoms with Crippen molar-refractivity contribution in [3.8, 4) is 5.75 Å². The number of aryl methyl sites for hydroxylation is 1. The number of para-hydroxylation sites is 1. The second kappa shape index (κ2) is 10.4. The van der Waals surface area contributed by atoms with Crippen LogP contribution < -0.4 is 20.3 Å². The van der Waals surface area contributed by atoms with Gasteiger partial charge in [-0.2, -0.15) is 0 Å². The smallest absolute Gasteiger partial charge is 0.259 e. The van der Waals surface area contributed by atoms with Crippen molar-refractivity contribution in [1.82, 2.24) is 10.2 Å². The second-order valence-corrected chi connectivity index (χ2v) is 8.74. The predicted octanol–water partition coefficient (Wildman–Crippen LogP) is 3.74. The normalized spacial score (nSPS) is 15.3. The number of nitrogens with one attached hydrogen (secondary N) is 2. The van der Waals surface area contributed by atoms with E-state index in [4.69, 9.17) is 4.74 Å². The van der Waals surface area contributed by atoms with Gasteiger partial charge in [0, 0.05) is 18.7 Å². The molecule has 3 amide bonds. The van der Waals surface area contributed by atoms with Crippen molar-refractivity contribution in [2.24, 2.45) is 5.92 Å². The highest BCUT2D eigenvalue weighted by atomic mass is 32.1. The number of carbonyl (C=O) groups excluding carboxylic acids is 3. The molecule has 1 fully saturated rings. The molecule has 3 aromatic rings. The van der Waals surface area contributed by atoms with E-state index in [0.717, 1.165) is 17.2 Å². The van der Waals surface area contributed by atoms with Crippen LogP contribution in [0.15, 0.2) is 48.5 Å². The number of aromatic nitrogens is 2. The van der Waals surface area contributed by atoms with Gasteiger partial charge in [-0.25, -0.2) is 0 Å². The zero-order chi connectivity index (χ0) is 24.1. The Balaban J connectivity index is 1.43. The van der Waals surface area contributed by atoms with Gasteiger partial charge in [0.2, 0.25) is 16.9 Å². The van der Waals surface area contributed by atoms with E-state index in [9.17, 15) is 14.4 Å². The zero-order valence-corrected chi connectivity index (χ0v) is 19.7. The molecule has 1 aliphatic heterocycles. The van der Waals surface area contributed by atoms with Crippen LogP contribution in [0.5, 0.6) is 5.75 Å². The van der Waals surface area contributed by atoms with Crippen molar-refractivity contribution >= 4 is 45.6 Å². The lowest BCUT2D eigenvalue weighted by atomic mass is 10.1. The summed E-state index contributed by atoms with van der Waals surface area (Å²) < 4.78 is 5.44. The molecule has 176 valence electrons. The summed E-state index contributed by atoms with van der Waals surface area (Å²) in [6.45, 7) is 4.69. The third-order valence-electron chi connectivity index (χ3n) is 5.37. The van der Waals surface area contributed by atoms with Gasteiger partial charge < -0.3 is 15.0 Å². The van der Waals surface area contributed by atoms with Crippen molar-refractivity contribution in [3.05, 3.63) is 59.1 Å². The maximum absolute atomic E-state index is 13.0. The monoisotopic (exact) mass is 479 g/mol. The Hall–Kier alpha value is -3.79. The fraction of sp³-hybridized carbons (Fsp3) is 0.292. The standard InChI is InChI=1S/C24H25N5O4S/c1-3-20-27-28-24(34-20)26-23(32)18-7-5-6-8-19(18)25-22(31)15-13-21(30)29(14-15)16-9-11-17(12-10-16)33-4-2/h5-12,15H,3-4,13-14H2,1-2H3,(H,25,31)(H,26,28,32)/t15-/m0/s1. The SMILES string of the molecule is CCOc1ccc(N2C[C@@H](C(=O)Nc3ccccc3C(=O)Nc3nnc(CC)s3)CC2=O)cc1. The molecule has 2 N–H and O–H groups in total. The highest BCUT2D eigenvalue weighted by Gasteiger charge is 2.35. The largest absolute Gasteiger partial charge is 0.494 e. The summed E-state index contributed by atoms with van der Waals surface area (Å²) in [4.78, 5) is 40.0. The first-order chi connectivity index (χ1) is 16.5. The molecular formula is C24H25N5O4S. The molecule has 0 radical (unpaired) electrons. The van der Waals surface area contributed by atoms with E-state index in [1.807, 2.05) is 13.8 Å². The summed E-state index contributed by atoms with van der Waals surface area (Å²) in [5.41, 5.74) is 1.39. The molecule has 4 rings (SSSR count). The Morgan fingerprint density at radius 2 is 1.85 bits per heavy atom. The highest BCUT2D eigenvalue weighted by molar-refractivity contribution is 7.15. The van der Waals surface area contributed by atoms with E-state index in [1.54, 1.807) is 53.4 Å². The van der Waals surface area contributed by atoms with Crippen molar-refractivity contribution in [2.75, 3.05) is 28.7 Å². The van der Waals surface area contributed by atoms with Gasteiger partial charge in [-0.1, -0.05) is 30.4 Å². The van der Waals surface area contributed by atoms with E-state index < -0.39 is 11.8 Å². The lowest BCUT2D eigenvalue weighted by molar-refractivity contribution is -0.122. The number of benzene rings is 2. The fourth-order valence-electron chi connectivity index (χ4n) is 3.66. The fourth-order valence-corrected chi connectivity index (χ4v) is 4.33. The third-order valence-corrected chi connectivity index (χ3v) is 6.36. The molecule has 0 unspecified atom stereocenters. The number of hydrogen-bond acceptors (Lipinski definition) is 7. The van der Waals surface area contributed by atoms with Gasteiger partial charge in [0.05, 0.1) is 23.8 Å². The summed E-state index contributed by atoms with van der Waals surface area (Å²) in [5.74, 6) is -0.648. The van der Waals surface area contributed by atoms with Crippen molar-refractivity contribution < 1.29 is 19.1 Å². The molecule has 2 heterocycles. The Morgan fingerprint density at radius 3 is 2.56 bits per heavy atom. The summed E-state index contributed by atoms with van der Waals surface area (Å²) in [6, 6.07) is 13.9. The molecule has 1 aliphatic rings. The molecule has 0 saturated carbocycles. The molecule has 10 heteroatoms. The van der Waals surface area contributed by atoms with Crippen LogP contribution in [-0.2, 0) is 16.0 Å². The van der Waals surface area contributed by atoms with Crippen LogP contribution in [0.3, 0.4) is 0 Å². The van der Waals surface area contributed by atoms with Gasteiger partial charge in [0.25, 0.3) is 5.91 Å². The quantitative estimate of drug-likeness (QED) is 0.509. The van der Waals surface area contributed by atoms with Crippen LogP contribution >= 0.6 is 11.3 Å². The molecule has 0 aliphatic carbocycles. The van der Waals surface area contributed by atoms with E-state index in [0.29, 0.717) is 28.7 Å². The molecule has 2 aromatic carbocycles. The zero-order valence-electron chi connectivity index (χ0n) is 18.9. The summed E-state index contributed by atoms with van der Waals surface area (Å²) in [5, 5.41) is 14.7. The minimum Gasteiger partial charge on any atom is -0.494 e. The molecular weight excluding hydrogens is 454 g/mol. The first kappa shape index (κ1) is 23.4. The number of carbonyl (C=O) groups is 3. The van der Waals surface area contributed by atoms with Gasteiger partial charge in [-0.3, -0.25) is 19.7 Å². The number of rotatable bonds is 8. The first-order valence-corrected chi connectivity index (χ1v) is 11.9.